The third-order valence-corrected chi connectivity index (χ3v) is 5.58. The van der Waals surface area contributed by atoms with Gasteiger partial charge in [-0.3, -0.25) is 10.00 Å². The van der Waals surface area contributed by atoms with E-state index in [-0.39, 0.29) is 11.7 Å². The zero-order valence-corrected chi connectivity index (χ0v) is 17.0. The number of H-pyrrole nitrogens is 1. The van der Waals surface area contributed by atoms with Gasteiger partial charge < -0.3 is 10.1 Å². The number of hydrogen-bond acceptors (Lipinski definition) is 6. The lowest BCUT2D eigenvalue weighted by Gasteiger charge is -2.28. The van der Waals surface area contributed by atoms with Crippen molar-refractivity contribution in [2.45, 2.75) is 12.3 Å². The molecule has 5 rings (SSSR count). The van der Waals surface area contributed by atoms with Crippen LogP contribution in [0.5, 0.6) is 0 Å². The van der Waals surface area contributed by atoms with Crippen LogP contribution in [-0.4, -0.2) is 62.5 Å². The molecule has 1 fully saturated rings. The summed E-state index contributed by atoms with van der Waals surface area (Å²) < 4.78 is 20.9. The Morgan fingerprint density at radius 1 is 1.13 bits per heavy atom. The predicted octanol–water partition coefficient (Wildman–Crippen LogP) is 3.19. The van der Waals surface area contributed by atoms with Crippen molar-refractivity contribution in [3.8, 4) is 0 Å². The number of aromatic amines is 1. The maximum atomic E-state index is 13.6. The second-order valence-electron chi connectivity index (χ2n) is 7.59. The molecule has 1 aliphatic rings. The lowest BCUT2D eigenvalue weighted by atomic mass is 9.94. The largest absolute Gasteiger partial charge is 0.379 e. The number of morpholine rings is 1. The number of anilines is 2. The molecule has 4 heterocycles. The number of rotatable bonds is 7. The lowest BCUT2D eigenvalue weighted by molar-refractivity contribution is 0.0369. The summed E-state index contributed by atoms with van der Waals surface area (Å²) >= 11 is 0. The van der Waals surface area contributed by atoms with Crippen molar-refractivity contribution in [2.75, 3.05) is 38.2 Å². The maximum Gasteiger partial charge on any atom is 0.159 e. The average Bonchev–Trinajstić information content (AvgIpc) is 3.48. The fourth-order valence-corrected chi connectivity index (χ4v) is 3.92. The van der Waals surface area contributed by atoms with E-state index in [1.807, 2.05) is 41.0 Å². The van der Waals surface area contributed by atoms with Crippen molar-refractivity contribution in [1.82, 2.24) is 29.7 Å². The first-order chi connectivity index (χ1) is 15.3. The normalized spacial score (nSPS) is 15.9. The maximum absolute atomic E-state index is 13.6. The summed E-state index contributed by atoms with van der Waals surface area (Å²) in [5.74, 6) is 1.72. The Balaban J connectivity index is 1.50. The van der Waals surface area contributed by atoms with Gasteiger partial charge >= 0.3 is 0 Å². The molecule has 1 aromatic carbocycles. The zero-order chi connectivity index (χ0) is 21.0. The van der Waals surface area contributed by atoms with Crippen LogP contribution in [0.15, 0.2) is 54.9 Å². The predicted molar refractivity (Wildman–Crippen MR) is 115 cm³/mol. The summed E-state index contributed by atoms with van der Waals surface area (Å²) in [5.41, 5.74) is 1.85. The Morgan fingerprint density at radius 2 is 1.97 bits per heavy atom. The van der Waals surface area contributed by atoms with Gasteiger partial charge in [0.05, 0.1) is 13.2 Å². The first-order valence-electron chi connectivity index (χ1n) is 10.4. The Kier molecular flexibility index (Phi) is 5.59. The Labute approximate surface area is 179 Å². The van der Waals surface area contributed by atoms with E-state index in [1.54, 1.807) is 6.20 Å². The number of nitrogens with one attached hydrogen (secondary N) is 2. The molecule has 31 heavy (non-hydrogen) atoms. The molecule has 8 nitrogen and oxygen atoms in total. The molecule has 0 spiro atoms. The van der Waals surface area contributed by atoms with E-state index in [9.17, 15) is 4.39 Å². The average molecular weight is 421 g/mol. The van der Waals surface area contributed by atoms with E-state index in [1.165, 1.54) is 12.1 Å². The second kappa shape index (κ2) is 8.83. The van der Waals surface area contributed by atoms with Crippen LogP contribution in [-0.2, 0) is 4.74 Å². The first kappa shape index (κ1) is 19.7. The summed E-state index contributed by atoms with van der Waals surface area (Å²) in [5, 5.41) is 15.0. The van der Waals surface area contributed by atoms with Crippen molar-refractivity contribution < 1.29 is 9.13 Å². The summed E-state index contributed by atoms with van der Waals surface area (Å²) in [6, 6.07) is 12.4. The van der Waals surface area contributed by atoms with Gasteiger partial charge in [0.15, 0.2) is 17.5 Å². The molecule has 0 radical (unpaired) electrons. The molecule has 0 amide bonds. The Morgan fingerprint density at radius 3 is 2.74 bits per heavy atom. The number of aromatic nitrogens is 5. The van der Waals surface area contributed by atoms with Gasteiger partial charge in [-0.25, -0.2) is 13.9 Å². The van der Waals surface area contributed by atoms with Crippen LogP contribution in [0.3, 0.4) is 0 Å². The Hall–Kier alpha value is -3.30. The second-order valence-corrected chi connectivity index (χ2v) is 7.59. The van der Waals surface area contributed by atoms with Crippen LogP contribution in [0.25, 0.3) is 5.52 Å². The molecule has 1 atom stereocenters. The van der Waals surface area contributed by atoms with E-state index >= 15 is 0 Å². The number of halogens is 1. The van der Waals surface area contributed by atoms with E-state index in [0.29, 0.717) is 17.5 Å². The van der Waals surface area contributed by atoms with Crippen molar-refractivity contribution >= 4 is 17.2 Å². The van der Waals surface area contributed by atoms with Crippen LogP contribution in [0.1, 0.15) is 23.7 Å². The zero-order valence-electron chi connectivity index (χ0n) is 17.0. The van der Waals surface area contributed by atoms with Gasteiger partial charge in [0.1, 0.15) is 11.3 Å². The minimum Gasteiger partial charge on any atom is -0.379 e. The molecular formula is C22H24FN7O. The van der Waals surface area contributed by atoms with Gasteiger partial charge in [0, 0.05) is 37.5 Å². The third kappa shape index (κ3) is 4.42. The topological polar surface area (TPSA) is 83.4 Å². The van der Waals surface area contributed by atoms with Crippen molar-refractivity contribution in [1.29, 1.82) is 0 Å². The molecule has 1 saturated heterocycles. The summed E-state index contributed by atoms with van der Waals surface area (Å²) in [6.45, 7) is 4.23. The SMILES string of the molecule is Fc1ccc(C(CCN2CCOCC2)c2nc(Nc3cc[nH]n3)c3cccn3n2)cc1. The van der Waals surface area contributed by atoms with Crippen LogP contribution >= 0.6 is 0 Å². The number of fused-ring (bicyclic) bond motifs is 1. The minimum atomic E-state index is -0.252. The van der Waals surface area contributed by atoms with Gasteiger partial charge in [-0.1, -0.05) is 12.1 Å². The first-order valence-corrected chi connectivity index (χ1v) is 10.4. The van der Waals surface area contributed by atoms with E-state index in [0.717, 1.165) is 50.3 Å². The molecule has 0 bridgehead atoms. The van der Waals surface area contributed by atoms with Gasteiger partial charge in [0.25, 0.3) is 0 Å². The number of benzene rings is 1. The van der Waals surface area contributed by atoms with Crippen LogP contribution < -0.4 is 5.32 Å². The van der Waals surface area contributed by atoms with Crippen LogP contribution in [0.4, 0.5) is 16.0 Å². The molecule has 9 heteroatoms. The molecule has 0 saturated carbocycles. The monoisotopic (exact) mass is 421 g/mol. The highest BCUT2D eigenvalue weighted by molar-refractivity contribution is 5.71. The van der Waals surface area contributed by atoms with Crippen LogP contribution in [0.2, 0.25) is 0 Å². The minimum absolute atomic E-state index is 0.0741. The molecule has 3 aromatic heterocycles. The standard InChI is InChI=1S/C22H24FN7O/c23-17-5-3-16(4-6-17)18(8-11-29-12-14-31-15-13-29)21-26-22(25-20-7-9-24-27-20)19-2-1-10-30(19)28-21/h1-7,9-10,18H,8,11-15H2,(H2,24,25,26,27,28). The molecule has 2 N–H and O–H groups in total. The highest BCUT2D eigenvalue weighted by Crippen LogP contribution is 2.29. The summed E-state index contributed by atoms with van der Waals surface area (Å²) in [6.07, 6.45) is 4.48. The quantitative estimate of drug-likeness (QED) is 0.477. The summed E-state index contributed by atoms with van der Waals surface area (Å²) in [4.78, 5) is 7.26. The fourth-order valence-electron chi connectivity index (χ4n) is 3.92. The highest BCUT2D eigenvalue weighted by Gasteiger charge is 2.22. The number of nitrogens with zero attached hydrogens (tertiary/aromatic N) is 5. The third-order valence-electron chi connectivity index (χ3n) is 5.58. The van der Waals surface area contributed by atoms with E-state index in [4.69, 9.17) is 14.8 Å². The highest BCUT2D eigenvalue weighted by atomic mass is 19.1. The van der Waals surface area contributed by atoms with Gasteiger partial charge in [0.2, 0.25) is 0 Å². The van der Waals surface area contributed by atoms with Gasteiger partial charge in [-0.15, -0.1) is 0 Å². The van der Waals surface area contributed by atoms with E-state index < -0.39 is 0 Å². The molecule has 0 aliphatic carbocycles. The van der Waals surface area contributed by atoms with Crippen molar-refractivity contribution in [2.24, 2.45) is 0 Å². The molecular weight excluding hydrogens is 397 g/mol. The lowest BCUT2D eigenvalue weighted by Crippen LogP contribution is -2.37. The fraction of sp³-hybridized carbons (Fsp3) is 0.318. The van der Waals surface area contributed by atoms with Crippen molar-refractivity contribution in [3.05, 3.63) is 72.1 Å². The van der Waals surface area contributed by atoms with Gasteiger partial charge in [-0.05, 0) is 42.8 Å². The van der Waals surface area contributed by atoms with E-state index in [2.05, 4.69) is 20.4 Å². The van der Waals surface area contributed by atoms with Crippen LogP contribution in [0, 0.1) is 5.82 Å². The summed E-state index contributed by atoms with van der Waals surface area (Å²) in [7, 11) is 0. The molecule has 160 valence electrons. The van der Waals surface area contributed by atoms with Gasteiger partial charge in [-0.2, -0.15) is 10.2 Å². The molecule has 1 aliphatic heterocycles. The smallest absolute Gasteiger partial charge is 0.159 e. The molecule has 4 aromatic rings. The van der Waals surface area contributed by atoms with Crippen molar-refractivity contribution in [3.63, 3.8) is 0 Å². The number of ether oxygens (including phenoxy) is 1. The Bertz CT molecular complexity index is 1120. The molecule has 1 unspecified atom stereocenters. The number of hydrogen-bond donors (Lipinski definition) is 2.